The molecule has 0 fully saturated rings. The van der Waals surface area contributed by atoms with Gasteiger partial charge >= 0.3 is 39.5 Å². The van der Waals surface area contributed by atoms with E-state index < -0.39 is 97.5 Å². The molecule has 528 valence electrons. The molecule has 19 heteroatoms. The van der Waals surface area contributed by atoms with E-state index in [4.69, 9.17) is 37.0 Å². The molecule has 3 N–H and O–H groups in total. The third-order valence-electron chi connectivity index (χ3n) is 16.8. The topological polar surface area (TPSA) is 237 Å². The molecule has 0 saturated carbocycles. The molecule has 0 aliphatic carbocycles. The van der Waals surface area contributed by atoms with Gasteiger partial charge in [0, 0.05) is 25.7 Å². The van der Waals surface area contributed by atoms with Crippen molar-refractivity contribution in [3.8, 4) is 0 Å². The molecule has 0 aromatic rings. The lowest BCUT2D eigenvalue weighted by Gasteiger charge is -2.21. The van der Waals surface area contributed by atoms with Crippen molar-refractivity contribution in [3.63, 3.8) is 0 Å². The number of phosphoric acid groups is 2. The molecular formula is C70H136O17P2. The zero-order valence-corrected chi connectivity index (χ0v) is 59.8. The number of hydrogen-bond donors (Lipinski definition) is 3. The van der Waals surface area contributed by atoms with Crippen LogP contribution in [0.25, 0.3) is 0 Å². The first kappa shape index (κ1) is 87.1. The van der Waals surface area contributed by atoms with Crippen molar-refractivity contribution in [2.75, 3.05) is 39.6 Å². The minimum absolute atomic E-state index is 0.102. The summed E-state index contributed by atoms with van der Waals surface area (Å²) in [6.45, 7) is 14.1. The van der Waals surface area contributed by atoms with Crippen LogP contribution in [-0.2, 0) is 65.4 Å². The first-order valence-corrected chi connectivity index (χ1v) is 39.3. The number of rotatable bonds is 67. The summed E-state index contributed by atoms with van der Waals surface area (Å²) in [5, 5.41) is 10.6. The zero-order chi connectivity index (χ0) is 66.1. The fourth-order valence-electron chi connectivity index (χ4n) is 10.4. The van der Waals surface area contributed by atoms with E-state index in [1.165, 1.54) is 148 Å². The van der Waals surface area contributed by atoms with E-state index in [1.807, 2.05) is 0 Å². The summed E-state index contributed by atoms with van der Waals surface area (Å²) in [5.74, 6) is 0.874. The lowest BCUT2D eigenvalue weighted by molar-refractivity contribution is -0.161. The Balaban J connectivity index is 5.24. The Hall–Kier alpha value is -1.94. The maximum Gasteiger partial charge on any atom is 0.472 e. The van der Waals surface area contributed by atoms with Crippen LogP contribution in [-0.4, -0.2) is 96.7 Å². The van der Waals surface area contributed by atoms with Crippen LogP contribution < -0.4 is 0 Å². The van der Waals surface area contributed by atoms with Crippen LogP contribution in [0.5, 0.6) is 0 Å². The Bertz CT molecular complexity index is 1770. The molecule has 0 aromatic carbocycles. The molecule has 0 saturated heterocycles. The van der Waals surface area contributed by atoms with E-state index >= 15 is 0 Å². The van der Waals surface area contributed by atoms with Crippen molar-refractivity contribution in [2.24, 2.45) is 23.7 Å². The van der Waals surface area contributed by atoms with Gasteiger partial charge in [0.15, 0.2) is 12.2 Å². The monoisotopic (exact) mass is 1310 g/mol. The molecule has 17 nitrogen and oxygen atoms in total. The molecule has 0 rings (SSSR count). The number of carbonyl (C=O) groups excluding carboxylic acids is 4. The van der Waals surface area contributed by atoms with E-state index in [0.29, 0.717) is 25.7 Å². The number of unbranched alkanes of at least 4 members (excludes halogenated alkanes) is 31. The lowest BCUT2D eigenvalue weighted by Crippen LogP contribution is -2.30. The molecule has 0 heterocycles. The molecule has 0 spiro atoms. The van der Waals surface area contributed by atoms with E-state index in [2.05, 4.69) is 55.4 Å². The van der Waals surface area contributed by atoms with Crippen LogP contribution in [0.15, 0.2) is 0 Å². The standard InChI is InChI=1S/C70H136O17P2/c1-9-62(7)48-40-32-24-19-21-27-36-44-52-69(74)86-65(56-80-67(72)50-42-34-25-17-15-13-11-12-14-16-22-30-38-46-60(3)4)58-84-88(76,77)82-54-64(71)55-83-89(78,79)85-59-66(87-70(75)53-45-37-29-28-33-41-49-63(8)10-2)57-81-68(73)51-43-35-26-20-18-23-31-39-47-61(5)6/h60-66,71H,9-59H2,1-8H3,(H,76,77)(H,78,79)/t62?,63?,64?,65-,66-/m1/s1. The van der Waals surface area contributed by atoms with Crippen molar-refractivity contribution in [2.45, 2.75) is 363 Å². The molecular weight excluding hydrogens is 1170 g/mol. The van der Waals surface area contributed by atoms with Gasteiger partial charge < -0.3 is 33.8 Å². The predicted octanol–water partition coefficient (Wildman–Crippen LogP) is 19.7. The highest BCUT2D eigenvalue weighted by atomic mass is 31.2. The van der Waals surface area contributed by atoms with Gasteiger partial charge in [-0.1, -0.05) is 293 Å². The predicted molar refractivity (Wildman–Crippen MR) is 358 cm³/mol. The Kier molecular flexibility index (Phi) is 58.5. The molecule has 0 aromatic heterocycles. The average Bonchev–Trinajstić information content (AvgIpc) is 3.70. The SMILES string of the molecule is CCC(C)CCCCCCCCCCC(=O)O[C@H](COC(=O)CCCCCCCCCCCCCCCC(C)C)COP(=O)(O)OCC(O)COP(=O)(O)OC[C@@H](COC(=O)CCCCCCCCCCC(C)C)OC(=O)CCCCCCCCC(C)CC. The molecule has 0 amide bonds. The molecule has 0 aliphatic heterocycles. The smallest absolute Gasteiger partial charge is 0.462 e. The Morgan fingerprint density at radius 2 is 0.539 bits per heavy atom. The van der Waals surface area contributed by atoms with Gasteiger partial charge in [0.1, 0.15) is 19.3 Å². The summed E-state index contributed by atoms with van der Waals surface area (Å²) in [5.41, 5.74) is 0. The summed E-state index contributed by atoms with van der Waals surface area (Å²) >= 11 is 0. The summed E-state index contributed by atoms with van der Waals surface area (Å²) in [6.07, 6.45) is 41.7. The normalized spacial score (nSPS) is 14.9. The van der Waals surface area contributed by atoms with Crippen LogP contribution in [0.1, 0.15) is 344 Å². The van der Waals surface area contributed by atoms with E-state index in [0.717, 1.165) is 114 Å². The fourth-order valence-corrected chi connectivity index (χ4v) is 12.0. The Labute approximate surface area is 543 Å². The van der Waals surface area contributed by atoms with Crippen molar-refractivity contribution >= 4 is 39.5 Å². The van der Waals surface area contributed by atoms with Gasteiger partial charge in [-0.2, -0.15) is 0 Å². The number of aliphatic hydroxyl groups excluding tert-OH is 1. The average molecular weight is 1310 g/mol. The van der Waals surface area contributed by atoms with Gasteiger partial charge in [-0.05, 0) is 49.4 Å². The third-order valence-corrected chi connectivity index (χ3v) is 18.7. The maximum atomic E-state index is 13.0. The van der Waals surface area contributed by atoms with Crippen LogP contribution >= 0.6 is 15.6 Å². The van der Waals surface area contributed by atoms with Gasteiger partial charge in [0.25, 0.3) is 0 Å². The molecule has 7 atom stereocenters. The van der Waals surface area contributed by atoms with Gasteiger partial charge in [0.2, 0.25) is 0 Å². The van der Waals surface area contributed by atoms with Crippen LogP contribution in [0.3, 0.4) is 0 Å². The third kappa shape index (κ3) is 62.0. The van der Waals surface area contributed by atoms with Crippen LogP contribution in [0, 0.1) is 23.7 Å². The second-order valence-corrected chi connectivity index (χ2v) is 29.6. The highest BCUT2D eigenvalue weighted by Gasteiger charge is 2.30. The number of hydrogen-bond acceptors (Lipinski definition) is 15. The molecule has 0 bridgehead atoms. The summed E-state index contributed by atoms with van der Waals surface area (Å²) in [6, 6.07) is 0. The first-order chi connectivity index (χ1) is 42.7. The fraction of sp³-hybridized carbons (Fsp3) is 0.943. The minimum atomic E-state index is -4.95. The van der Waals surface area contributed by atoms with Gasteiger partial charge in [-0.15, -0.1) is 0 Å². The quantitative estimate of drug-likeness (QED) is 0.0222. The van der Waals surface area contributed by atoms with E-state index in [1.54, 1.807) is 0 Å². The molecule has 0 radical (unpaired) electrons. The molecule has 0 aliphatic rings. The number of phosphoric ester groups is 2. The van der Waals surface area contributed by atoms with Gasteiger partial charge in [-0.3, -0.25) is 37.3 Å². The highest BCUT2D eigenvalue weighted by molar-refractivity contribution is 7.47. The molecule has 5 unspecified atom stereocenters. The lowest BCUT2D eigenvalue weighted by atomic mass is 9.99. The second kappa shape index (κ2) is 59.8. The summed E-state index contributed by atoms with van der Waals surface area (Å²) in [7, 11) is -9.90. The van der Waals surface area contributed by atoms with E-state index in [9.17, 15) is 43.2 Å². The number of ether oxygens (including phenoxy) is 4. The molecule has 89 heavy (non-hydrogen) atoms. The Morgan fingerprint density at radius 3 is 0.798 bits per heavy atom. The van der Waals surface area contributed by atoms with Gasteiger partial charge in [-0.25, -0.2) is 9.13 Å². The van der Waals surface area contributed by atoms with Gasteiger partial charge in [0.05, 0.1) is 26.4 Å². The summed E-state index contributed by atoms with van der Waals surface area (Å²) in [4.78, 5) is 72.5. The zero-order valence-electron chi connectivity index (χ0n) is 58.1. The Morgan fingerprint density at radius 1 is 0.315 bits per heavy atom. The highest BCUT2D eigenvalue weighted by Crippen LogP contribution is 2.45. The maximum absolute atomic E-state index is 13.0. The van der Waals surface area contributed by atoms with Crippen LogP contribution in [0.2, 0.25) is 0 Å². The number of aliphatic hydroxyl groups is 1. The van der Waals surface area contributed by atoms with Crippen LogP contribution in [0.4, 0.5) is 0 Å². The number of esters is 4. The second-order valence-electron chi connectivity index (χ2n) is 26.7. The van der Waals surface area contributed by atoms with E-state index in [-0.39, 0.29) is 25.7 Å². The largest absolute Gasteiger partial charge is 0.472 e. The van der Waals surface area contributed by atoms with Crippen molar-refractivity contribution in [1.82, 2.24) is 0 Å². The number of carbonyl (C=O) groups is 4. The van der Waals surface area contributed by atoms with Crippen molar-refractivity contribution < 1.29 is 80.2 Å². The van der Waals surface area contributed by atoms with Crippen molar-refractivity contribution in [3.05, 3.63) is 0 Å². The van der Waals surface area contributed by atoms with Crippen molar-refractivity contribution in [1.29, 1.82) is 0 Å². The summed E-state index contributed by atoms with van der Waals surface area (Å²) < 4.78 is 68.3. The minimum Gasteiger partial charge on any atom is -0.462 e. The first-order valence-electron chi connectivity index (χ1n) is 36.3.